The monoisotopic (exact) mass is 275 g/mol. The van der Waals surface area contributed by atoms with E-state index in [2.05, 4.69) is 15.1 Å². The molecule has 0 spiro atoms. The van der Waals surface area contributed by atoms with Crippen LogP contribution in [0.2, 0.25) is 0 Å². The molecular formula is C13H13N3O4. The van der Waals surface area contributed by atoms with Gasteiger partial charge >= 0.3 is 5.97 Å². The number of nitrogens with zero attached hydrogens (tertiary/aromatic N) is 3. The lowest BCUT2D eigenvalue weighted by Gasteiger charge is -2.07. The van der Waals surface area contributed by atoms with Gasteiger partial charge in [0.25, 0.3) is 5.89 Å². The number of rotatable bonds is 5. The molecule has 0 fully saturated rings. The van der Waals surface area contributed by atoms with Gasteiger partial charge in [-0.3, -0.25) is 0 Å². The summed E-state index contributed by atoms with van der Waals surface area (Å²) in [6.45, 7) is 3.62. The Morgan fingerprint density at radius 1 is 1.40 bits per heavy atom. The zero-order valence-electron chi connectivity index (χ0n) is 11.0. The van der Waals surface area contributed by atoms with Gasteiger partial charge in [0.15, 0.2) is 12.4 Å². The fraction of sp³-hybridized carbons (Fsp3) is 0.231. The van der Waals surface area contributed by atoms with Crippen LogP contribution in [0.5, 0.6) is 5.75 Å². The maximum Gasteiger partial charge on any atom is 0.328 e. The highest BCUT2D eigenvalue weighted by molar-refractivity contribution is 5.85. The van der Waals surface area contributed by atoms with E-state index in [4.69, 9.17) is 14.4 Å². The Hall–Kier alpha value is -2.70. The minimum Gasteiger partial charge on any atom is -0.481 e. The van der Waals surface area contributed by atoms with Crippen LogP contribution in [-0.2, 0) is 11.4 Å². The van der Waals surface area contributed by atoms with E-state index in [0.717, 1.165) is 11.8 Å². The number of carbonyl (C=O) groups is 1. The summed E-state index contributed by atoms with van der Waals surface area (Å²) in [5.74, 6) is 0.267. The van der Waals surface area contributed by atoms with E-state index in [1.54, 1.807) is 19.1 Å². The Balaban J connectivity index is 2.15. The van der Waals surface area contributed by atoms with E-state index in [0.29, 0.717) is 23.2 Å². The minimum atomic E-state index is -1.05. The summed E-state index contributed by atoms with van der Waals surface area (Å²) in [5, 5.41) is 12.3. The molecule has 0 unspecified atom stereocenters. The number of aliphatic carboxylic acids is 1. The van der Waals surface area contributed by atoms with Crippen molar-refractivity contribution in [2.75, 3.05) is 0 Å². The molecule has 2 rings (SSSR count). The third-order valence-corrected chi connectivity index (χ3v) is 2.33. The van der Waals surface area contributed by atoms with Gasteiger partial charge in [-0.2, -0.15) is 4.98 Å². The van der Waals surface area contributed by atoms with Crippen molar-refractivity contribution in [1.29, 1.82) is 0 Å². The third-order valence-electron chi connectivity index (χ3n) is 2.33. The molecule has 1 N–H and O–H groups in total. The summed E-state index contributed by atoms with van der Waals surface area (Å²) >= 11 is 0. The van der Waals surface area contributed by atoms with Crippen LogP contribution < -0.4 is 4.74 Å². The second-order valence-electron chi connectivity index (χ2n) is 4.03. The molecule has 7 nitrogen and oxygen atoms in total. The largest absolute Gasteiger partial charge is 0.481 e. The van der Waals surface area contributed by atoms with Crippen LogP contribution in [0, 0.1) is 13.8 Å². The predicted octanol–water partition coefficient (Wildman–Crippen LogP) is 1.76. The quantitative estimate of drug-likeness (QED) is 0.830. The standard InChI is InChI=1S/C13H13N3O4/c1-8-3-5-11(10(14-8)4-6-13(17)18)19-7-12-15-9(2)16-20-12/h3-6H,7H2,1-2H3,(H,17,18). The first-order valence-corrected chi connectivity index (χ1v) is 5.85. The molecule has 0 aliphatic rings. The summed E-state index contributed by atoms with van der Waals surface area (Å²) in [7, 11) is 0. The smallest absolute Gasteiger partial charge is 0.328 e. The van der Waals surface area contributed by atoms with Crippen molar-refractivity contribution in [2.45, 2.75) is 20.5 Å². The van der Waals surface area contributed by atoms with Gasteiger partial charge in [-0.15, -0.1) is 0 Å². The maximum absolute atomic E-state index is 10.6. The SMILES string of the molecule is Cc1ccc(OCc2nc(C)no2)c(C=CC(=O)O)n1. The number of ether oxygens (including phenoxy) is 1. The second-order valence-corrected chi connectivity index (χ2v) is 4.03. The molecule has 0 bridgehead atoms. The summed E-state index contributed by atoms with van der Waals surface area (Å²) in [6.07, 6.45) is 2.38. The van der Waals surface area contributed by atoms with Gasteiger partial charge in [0, 0.05) is 11.8 Å². The Bertz CT molecular complexity index is 649. The van der Waals surface area contributed by atoms with Crippen LogP contribution in [0.3, 0.4) is 0 Å². The van der Waals surface area contributed by atoms with Crippen LogP contribution >= 0.6 is 0 Å². The Morgan fingerprint density at radius 2 is 2.20 bits per heavy atom. The van der Waals surface area contributed by atoms with E-state index < -0.39 is 5.97 Å². The van der Waals surface area contributed by atoms with Crippen LogP contribution in [0.15, 0.2) is 22.7 Å². The number of aromatic nitrogens is 3. The lowest BCUT2D eigenvalue weighted by atomic mass is 10.2. The van der Waals surface area contributed by atoms with Crippen LogP contribution in [0.1, 0.15) is 23.1 Å². The zero-order valence-corrected chi connectivity index (χ0v) is 11.0. The number of carboxylic acids is 1. The maximum atomic E-state index is 10.6. The van der Waals surface area contributed by atoms with Gasteiger partial charge in [-0.25, -0.2) is 9.78 Å². The lowest BCUT2D eigenvalue weighted by molar-refractivity contribution is -0.131. The summed E-state index contributed by atoms with van der Waals surface area (Å²) in [5.41, 5.74) is 1.19. The molecule has 0 saturated heterocycles. The first-order valence-electron chi connectivity index (χ1n) is 5.85. The highest BCUT2D eigenvalue weighted by Crippen LogP contribution is 2.19. The third kappa shape index (κ3) is 3.64. The van der Waals surface area contributed by atoms with Crippen LogP contribution in [0.4, 0.5) is 0 Å². The Morgan fingerprint density at radius 3 is 2.85 bits per heavy atom. The summed E-state index contributed by atoms with van der Waals surface area (Å²) in [4.78, 5) is 18.8. The van der Waals surface area contributed by atoms with Crippen molar-refractivity contribution in [3.63, 3.8) is 0 Å². The van der Waals surface area contributed by atoms with Gasteiger partial charge in [-0.05, 0) is 32.1 Å². The number of carboxylic acid groups (broad SMARTS) is 1. The van der Waals surface area contributed by atoms with Gasteiger partial charge in [0.2, 0.25) is 0 Å². The first kappa shape index (κ1) is 13.7. The lowest BCUT2D eigenvalue weighted by Crippen LogP contribution is -2.00. The molecule has 20 heavy (non-hydrogen) atoms. The molecule has 0 aromatic carbocycles. The number of aryl methyl sites for hydroxylation is 2. The summed E-state index contributed by atoms with van der Waals surface area (Å²) in [6, 6.07) is 3.49. The van der Waals surface area contributed by atoms with E-state index in [9.17, 15) is 4.79 Å². The average Bonchev–Trinajstić information content (AvgIpc) is 2.81. The number of hydrogen-bond acceptors (Lipinski definition) is 6. The molecule has 0 atom stereocenters. The number of pyridine rings is 1. The van der Waals surface area contributed by atoms with Crippen LogP contribution in [-0.4, -0.2) is 26.2 Å². The Labute approximate surface area is 114 Å². The topological polar surface area (TPSA) is 98.3 Å². The normalized spacial score (nSPS) is 10.9. The van der Waals surface area contributed by atoms with E-state index >= 15 is 0 Å². The molecule has 2 aromatic heterocycles. The molecule has 0 radical (unpaired) electrons. The molecular weight excluding hydrogens is 262 g/mol. The van der Waals surface area contributed by atoms with Crippen LogP contribution in [0.25, 0.3) is 6.08 Å². The van der Waals surface area contributed by atoms with Gasteiger partial charge in [-0.1, -0.05) is 5.16 Å². The van der Waals surface area contributed by atoms with E-state index in [-0.39, 0.29) is 6.61 Å². The van der Waals surface area contributed by atoms with Crippen molar-refractivity contribution in [3.05, 3.63) is 41.3 Å². The van der Waals surface area contributed by atoms with Crippen molar-refractivity contribution in [2.24, 2.45) is 0 Å². The molecule has 104 valence electrons. The van der Waals surface area contributed by atoms with Gasteiger partial charge in [0.1, 0.15) is 11.4 Å². The molecule has 0 amide bonds. The fourth-order valence-electron chi connectivity index (χ4n) is 1.49. The fourth-order valence-corrected chi connectivity index (χ4v) is 1.49. The second kappa shape index (κ2) is 5.96. The molecule has 0 saturated carbocycles. The van der Waals surface area contributed by atoms with Crippen molar-refractivity contribution in [3.8, 4) is 5.75 Å². The molecule has 0 aliphatic carbocycles. The van der Waals surface area contributed by atoms with Gasteiger partial charge < -0.3 is 14.4 Å². The predicted molar refractivity (Wildman–Crippen MR) is 69.0 cm³/mol. The minimum absolute atomic E-state index is 0.0967. The van der Waals surface area contributed by atoms with Gasteiger partial charge in [0.05, 0.1) is 0 Å². The van der Waals surface area contributed by atoms with E-state index in [1.807, 2.05) is 6.92 Å². The Kier molecular flexibility index (Phi) is 4.09. The average molecular weight is 275 g/mol. The van der Waals surface area contributed by atoms with E-state index in [1.165, 1.54) is 6.08 Å². The highest BCUT2D eigenvalue weighted by Gasteiger charge is 2.07. The molecule has 2 aromatic rings. The summed E-state index contributed by atoms with van der Waals surface area (Å²) < 4.78 is 10.5. The highest BCUT2D eigenvalue weighted by atomic mass is 16.5. The van der Waals surface area contributed by atoms with Crippen molar-refractivity contribution >= 4 is 12.0 Å². The molecule has 2 heterocycles. The number of hydrogen-bond donors (Lipinski definition) is 1. The zero-order chi connectivity index (χ0) is 14.5. The first-order chi connectivity index (χ1) is 9.54. The molecule has 7 heteroatoms. The van der Waals surface area contributed by atoms with Crippen molar-refractivity contribution < 1.29 is 19.2 Å². The van der Waals surface area contributed by atoms with Crippen molar-refractivity contribution in [1.82, 2.24) is 15.1 Å². The molecule has 0 aliphatic heterocycles.